The van der Waals surface area contributed by atoms with Crippen LogP contribution >= 0.6 is 0 Å². The van der Waals surface area contributed by atoms with Crippen molar-refractivity contribution in [3.05, 3.63) is 102 Å². The number of H-pyrrole nitrogens is 1. The van der Waals surface area contributed by atoms with Gasteiger partial charge in [-0.15, -0.1) is 0 Å². The van der Waals surface area contributed by atoms with Gasteiger partial charge in [0.1, 0.15) is 0 Å². The summed E-state index contributed by atoms with van der Waals surface area (Å²) in [6, 6.07) is 18.8. The van der Waals surface area contributed by atoms with E-state index in [0.29, 0.717) is 11.1 Å². The third-order valence-electron chi connectivity index (χ3n) is 5.36. The SMILES string of the molecule is O=C1c2ccccc2C(=O)C1C(c1cccnc1)c1c[nH]c2ccccc12. The van der Waals surface area contributed by atoms with Crippen molar-refractivity contribution in [2.24, 2.45) is 5.92 Å². The number of aromatic nitrogens is 2. The molecule has 1 aliphatic rings. The van der Waals surface area contributed by atoms with Crippen LogP contribution in [-0.2, 0) is 0 Å². The van der Waals surface area contributed by atoms with Crippen molar-refractivity contribution in [3.63, 3.8) is 0 Å². The Morgan fingerprint density at radius 3 is 2.26 bits per heavy atom. The predicted octanol–water partition coefficient (Wildman–Crippen LogP) is 4.39. The van der Waals surface area contributed by atoms with Gasteiger partial charge in [-0.25, -0.2) is 0 Å². The first-order chi connectivity index (χ1) is 13.3. The smallest absolute Gasteiger partial charge is 0.175 e. The maximum atomic E-state index is 13.2. The number of benzene rings is 2. The lowest BCUT2D eigenvalue weighted by atomic mass is 9.78. The van der Waals surface area contributed by atoms with Crippen molar-refractivity contribution < 1.29 is 9.59 Å². The lowest BCUT2D eigenvalue weighted by Gasteiger charge is -2.21. The van der Waals surface area contributed by atoms with Crippen molar-refractivity contribution in [3.8, 4) is 0 Å². The van der Waals surface area contributed by atoms with Gasteiger partial charge in [0.15, 0.2) is 11.6 Å². The second kappa shape index (κ2) is 6.02. The van der Waals surface area contributed by atoms with Crippen molar-refractivity contribution in [2.75, 3.05) is 0 Å². The topological polar surface area (TPSA) is 62.8 Å². The molecule has 4 heteroatoms. The largest absolute Gasteiger partial charge is 0.361 e. The molecule has 4 nitrogen and oxygen atoms in total. The molecular weight excluding hydrogens is 336 g/mol. The molecule has 1 N–H and O–H groups in total. The molecule has 2 aromatic heterocycles. The number of hydrogen-bond donors (Lipinski definition) is 1. The van der Waals surface area contributed by atoms with Gasteiger partial charge in [0.05, 0.1) is 5.92 Å². The third kappa shape index (κ3) is 2.34. The maximum Gasteiger partial charge on any atom is 0.175 e. The summed E-state index contributed by atoms with van der Waals surface area (Å²) in [5.74, 6) is -1.39. The number of carbonyl (C=O) groups is 2. The number of para-hydroxylation sites is 1. The van der Waals surface area contributed by atoms with Crippen LogP contribution in [-0.4, -0.2) is 21.5 Å². The summed E-state index contributed by atoms with van der Waals surface area (Å²) in [5.41, 5.74) is 3.82. The molecule has 27 heavy (non-hydrogen) atoms. The lowest BCUT2D eigenvalue weighted by molar-refractivity contribution is 0.0825. The minimum absolute atomic E-state index is 0.116. The standard InChI is InChI=1S/C23H16N2O2/c26-22-16-8-1-2-9-17(16)23(27)21(22)20(14-6-5-11-24-12-14)18-13-25-19-10-4-3-7-15(18)19/h1-13,20-21,25H. The molecule has 130 valence electrons. The second-order valence-electron chi connectivity index (χ2n) is 6.81. The molecule has 1 unspecified atom stereocenters. The van der Waals surface area contributed by atoms with Gasteiger partial charge >= 0.3 is 0 Å². The molecule has 0 fully saturated rings. The Balaban J connectivity index is 1.73. The van der Waals surface area contributed by atoms with Crippen LogP contribution in [0.1, 0.15) is 37.8 Å². The van der Waals surface area contributed by atoms with E-state index in [-0.39, 0.29) is 17.5 Å². The maximum absolute atomic E-state index is 13.2. The van der Waals surface area contributed by atoms with Crippen LogP contribution in [0.15, 0.2) is 79.3 Å². The van der Waals surface area contributed by atoms with Gasteiger partial charge in [-0.3, -0.25) is 14.6 Å². The summed E-state index contributed by atoms with van der Waals surface area (Å²) in [4.78, 5) is 33.9. The zero-order chi connectivity index (χ0) is 18.4. The number of carbonyl (C=O) groups excluding carboxylic acids is 2. The summed E-state index contributed by atoms with van der Waals surface area (Å²) < 4.78 is 0. The Morgan fingerprint density at radius 1 is 0.852 bits per heavy atom. The van der Waals surface area contributed by atoms with E-state index >= 15 is 0 Å². The highest BCUT2D eigenvalue weighted by molar-refractivity contribution is 6.27. The number of ketones is 2. The first-order valence-corrected chi connectivity index (χ1v) is 8.89. The van der Waals surface area contributed by atoms with E-state index in [9.17, 15) is 9.59 Å². The molecule has 0 aliphatic heterocycles. The van der Waals surface area contributed by atoms with E-state index in [2.05, 4.69) is 9.97 Å². The fraction of sp³-hybridized carbons (Fsp3) is 0.0870. The number of rotatable bonds is 3. The minimum Gasteiger partial charge on any atom is -0.361 e. The molecular formula is C23H16N2O2. The Hall–Kier alpha value is -3.53. The molecule has 0 radical (unpaired) electrons. The summed E-state index contributed by atoms with van der Waals surface area (Å²) in [7, 11) is 0. The fourth-order valence-electron chi connectivity index (χ4n) is 4.13. The van der Waals surface area contributed by atoms with E-state index in [1.807, 2.05) is 42.6 Å². The van der Waals surface area contributed by atoms with Crippen LogP contribution < -0.4 is 0 Å². The van der Waals surface area contributed by atoms with Crippen molar-refractivity contribution >= 4 is 22.5 Å². The number of aromatic amines is 1. The monoisotopic (exact) mass is 352 g/mol. The van der Waals surface area contributed by atoms with Crippen LogP contribution in [0, 0.1) is 5.92 Å². The number of nitrogens with one attached hydrogen (secondary N) is 1. The average Bonchev–Trinajstić information content (AvgIpc) is 3.25. The van der Waals surface area contributed by atoms with Crippen LogP contribution in [0.4, 0.5) is 0 Å². The summed E-state index contributed by atoms with van der Waals surface area (Å²) in [6.07, 6.45) is 5.35. The van der Waals surface area contributed by atoms with E-state index in [1.54, 1.807) is 36.7 Å². The molecule has 1 atom stereocenters. The number of nitrogens with zero attached hydrogens (tertiary/aromatic N) is 1. The summed E-state index contributed by atoms with van der Waals surface area (Å²) in [6.45, 7) is 0. The number of fused-ring (bicyclic) bond motifs is 2. The van der Waals surface area contributed by atoms with Gasteiger partial charge in [-0.05, 0) is 23.3 Å². The zero-order valence-electron chi connectivity index (χ0n) is 14.4. The van der Waals surface area contributed by atoms with Gasteiger partial charge in [-0.2, -0.15) is 0 Å². The van der Waals surface area contributed by atoms with Gasteiger partial charge in [0.2, 0.25) is 0 Å². The molecule has 0 saturated heterocycles. The molecule has 0 amide bonds. The Labute approximate surface area is 155 Å². The van der Waals surface area contributed by atoms with E-state index < -0.39 is 5.92 Å². The first kappa shape index (κ1) is 15.7. The van der Waals surface area contributed by atoms with Gasteiger partial charge in [0, 0.05) is 46.5 Å². The van der Waals surface area contributed by atoms with Gasteiger partial charge < -0.3 is 4.98 Å². The molecule has 0 saturated carbocycles. The minimum atomic E-state index is -0.772. The molecule has 0 bridgehead atoms. The highest BCUT2D eigenvalue weighted by atomic mass is 16.2. The normalized spacial score (nSPS) is 15.3. The van der Waals surface area contributed by atoms with Crippen LogP contribution in [0.3, 0.4) is 0 Å². The number of pyridine rings is 1. The fourth-order valence-corrected chi connectivity index (χ4v) is 4.13. The van der Waals surface area contributed by atoms with Crippen LogP contribution in [0.5, 0.6) is 0 Å². The van der Waals surface area contributed by atoms with Crippen molar-refractivity contribution in [1.29, 1.82) is 0 Å². The van der Waals surface area contributed by atoms with E-state index in [1.165, 1.54) is 0 Å². The Kier molecular flexibility index (Phi) is 3.50. The predicted molar refractivity (Wildman–Crippen MR) is 103 cm³/mol. The zero-order valence-corrected chi connectivity index (χ0v) is 14.4. The molecule has 1 aliphatic carbocycles. The Bertz CT molecular complexity index is 1140. The molecule has 4 aromatic rings. The second-order valence-corrected chi connectivity index (χ2v) is 6.81. The highest BCUT2D eigenvalue weighted by Gasteiger charge is 2.45. The Morgan fingerprint density at radius 2 is 1.56 bits per heavy atom. The van der Waals surface area contributed by atoms with Crippen LogP contribution in [0.2, 0.25) is 0 Å². The van der Waals surface area contributed by atoms with Crippen LogP contribution in [0.25, 0.3) is 10.9 Å². The lowest BCUT2D eigenvalue weighted by Crippen LogP contribution is -2.25. The molecule has 0 spiro atoms. The quantitative estimate of drug-likeness (QED) is 0.556. The van der Waals surface area contributed by atoms with E-state index in [0.717, 1.165) is 22.0 Å². The van der Waals surface area contributed by atoms with E-state index in [4.69, 9.17) is 0 Å². The summed E-state index contributed by atoms with van der Waals surface area (Å²) >= 11 is 0. The summed E-state index contributed by atoms with van der Waals surface area (Å²) in [5, 5.41) is 1.02. The third-order valence-corrected chi connectivity index (χ3v) is 5.36. The number of hydrogen-bond acceptors (Lipinski definition) is 3. The average molecular weight is 352 g/mol. The first-order valence-electron chi connectivity index (χ1n) is 8.89. The molecule has 2 aromatic carbocycles. The molecule has 5 rings (SSSR count). The van der Waals surface area contributed by atoms with Gasteiger partial charge in [-0.1, -0.05) is 48.5 Å². The van der Waals surface area contributed by atoms with Crippen molar-refractivity contribution in [1.82, 2.24) is 9.97 Å². The highest BCUT2D eigenvalue weighted by Crippen LogP contribution is 2.42. The van der Waals surface area contributed by atoms with Gasteiger partial charge in [0.25, 0.3) is 0 Å². The molecule has 2 heterocycles. The van der Waals surface area contributed by atoms with Crippen molar-refractivity contribution in [2.45, 2.75) is 5.92 Å². The number of Topliss-reactive ketones (excluding diaryl/α,β-unsaturated/α-hetero) is 2.